The Morgan fingerprint density at radius 2 is 1.44 bits per heavy atom. The van der Waals surface area contributed by atoms with Crippen molar-refractivity contribution in [3.63, 3.8) is 0 Å². The van der Waals surface area contributed by atoms with E-state index >= 15 is 0 Å². The van der Waals surface area contributed by atoms with Crippen LogP contribution in [-0.4, -0.2) is 17.7 Å². The van der Waals surface area contributed by atoms with Gasteiger partial charge in [0.15, 0.2) is 0 Å². The van der Waals surface area contributed by atoms with Crippen molar-refractivity contribution in [2.75, 3.05) is 35.2 Å². The second kappa shape index (κ2) is 10.3. The number of benzene rings is 2. The molecule has 0 amide bonds. The summed E-state index contributed by atoms with van der Waals surface area (Å²) in [5, 5.41) is 6.75. The van der Waals surface area contributed by atoms with E-state index in [1.165, 1.54) is 0 Å². The van der Waals surface area contributed by atoms with Gasteiger partial charge in [-0.25, -0.2) is 9.13 Å². The van der Waals surface area contributed by atoms with Crippen LogP contribution in [-0.2, 0) is 13.1 Å². The van der Waals surface area contributed by atoms with E-state index in [0.29, 0.717) is 0 Å². The molecule has 27 heavy (non-hydrogen) atoms. The number of nitrogen functional groups attached to an aromatic ring is 2. The minimum Gasteiger partial charge on any atom is -1.00 e. The highest BCUT2D eigenvalue weighted by Crippen LogP contribution is 2.16. The molecule has 0 aliphatic heterocycles. The first-order chi connectivity index (χ1) is 12.7. The molecule has 0 atom stereocenters. The number of aryl methyl sites for hydroxylation is 1. The molecule has 0 bridgehead atoms. The quantitative estimate of drug-likeness (QED) is 0.228. The van der Waals surface area contributed by atoms with Crippen LogP contribution < -0.4 is 39.1 Å². The van der Waals surface area contributed by atoms with Gasteiger partial charge in [-0.1, -0.05) is 24.3 Å². The lowest BCUT2D eigenvalue weighted by atomic mass is 10.2. The Labute approximate surface area is 166 Å². The Hall–Kier alpha value is -2.86. The summed E-state index contributed by atoms with van der Waals surface area (Å²) in [5.41, 5.74) is 15.4. The lowest BCUT2D eigenvalue weighted by Gasteiger charge is -2.08. The van der Waals surface area contributed by atoms with Crippen molar-refractivity contribution in [3.05, 3.63) is 67.3 Å². The van der Waals surface area contributed by atoms with Gasteiger partial charge in [0.25, 0.3) is 0 Å². The average molecular weight is 387 g/mol. The number of halogens is 1. The van der Waals surface area contributed by atoms with Crippen LogP contribution in [0.3, 0.4) is 0 Å². The largest absolute Gasteiger partial charge is 1.00 e. The number of rotatable bonds is 9. The SMILES string of the molecule is Nc1ccccc1NCCCn1cc[n+](CCNc2ccccc2N)c1.[Cl-]. The first-order valence-electron chi connectivity index (χ1n) is 8.94. The fourth-order valence-electron chi connectivity index (χ4n) is 2.82. The van der Waals surface area contributed by atoms with Gasteiger partial charge in [-0.15, -0.1) is 0 Å². The maximum atomic E-state index is 5.94. The van der Waals surface area contributed by atoms with Crippen molar-refractivity contribution in [2.45, 2.75) is 19.5 Å². The van der Waals surface area contributed by atoms with Crippen molar-refractivity contribution in [1.82, 2.24) is 4.57 Å². The van der Waals surface area contributed by atoms with Crippen LogP contribution in [0.25, 0.3) is 0 Å². The number of hydrogen-bond donors (Lipinski definition) is 4. The normalized spacial score (nSPS) is 10.2. The van der Waals surface area contributed by atoms with Gasteiger partial charge in [0.2, 0.25) is 6.33 Å². The summed E-state index contributed by atoms with van der Waals surface area (Å²) in [6.45, 7) is 3.57. The van der Waals surface area contributed by atoms with Gasteiger partial charge in [0.1, 0.15) is 18.9 Å². The molecule has 0 unspecified atom stereocenters. The Kier molecular flexibility index (Phi) is 7.82. The molecule has 7 heteroatoms. The number of imidazole rings is 1. The summed E-state index contributed by atoms with van der Waals surface area (Å²) in [6, 6.07) is 15.7. The van der Waals surface area contributed by atoms with Gasteiger partial charge in [0, 0.05) is 13.0 Å². The highest BCUT2D eigenvalue weighted by molar-refractivity contribution is 5.66. The molecule has 0 aliphatic rings. The van der Waals surface area contributed by atoms with Gasteiger partial charge in [-0.05, 0) is 24.3 Å². The van der Waals surface area contributed by atoms with Crippen LogP contribution in [0.1, 0.15) is 6.42 Å². The maximum absolute atomic E-state index is 5.94. The average Bonchev–Trinajstić information content (AvgIpc) is 3.09. The molecular weight excluding hydrogens is 360 g/mol. The Morgan fingerprint density at radius 1 is 0.852 bits per heavy atom. The first-order valence-corrected chi connectivity index (χ1v) is 8.94. The number of anilines is 4. The zero-order valence-electron chi connectivity index (χ0n) is 15.3. The number of nitrogens with two attached hydrogens (primary N) is 2. The molecule has 3 rings (SSSR count). The van der Waals surface area contributed by atoms with Crippen molar-refractivity contribution in [2.24, 2.45) is 0 Å². The van der Waals surface area contributed by atoms with Crippen LogP contribution in [0.5, 0.6) is 0 Å². The second-order valence-electron chi connectivity index (χ2n) is 6.27. The lowest BCUT2D eigenvalue weighted by Crippen LogP contribution is -3.00. The summed E-state index contributed by atoms with van der Waals surface area (Å²) >= 11 is 0. The van der Waals surface area contributed by atoms with Gasteiger partial charge < -0.3 is 34.5 Å². The third kappa shape index (κ3) is 6.11. The lowest BCUT2D eigenvalue weighted by molar-refractivity contribution is -0.693. The monoisotopic (exact) mass is 386 g/mol. The smallest absolute Gasteiger partial charge is 0.243 e. The Balaban J connectivity index is 0.00000261. The molecule has 0 saturated carbocycles. The first kappa shape index (κ1) is 20.5. The van der Waals surface area contributed by atoms with E-state index < -0.39 is 0 Å². The van der Waals surface area contributed by atoms with E-state index in [-0.39, 0.29) is 12.4 Å². The van der Waals surface area contributed by atoms with Crippen molar-refractivity contribution in [1.29, 1.82) is 0 Å². The van der Waals surface area contributed by atoms with Crippen LogP contribution in [0.4, 0.5) is 22.7 Å². The number of nitrogens with zero attached hydrogens (tertiary/aromatic N) is 2. The summed E-state index contributed by atoms with van der Waals surface area (Å²) in [6.07, 6.45) is 7.36. The summed E-state index contributed by atoms with van der Waals surface area (Å²) in [7, 11) is 0. The summed E-state index contributed by atoms with van der Waals surface area (Å²) in [4.78, 5) is 0. The Morgan fingerprint density at radius 3 is 2.07 bits per heavy atom. The van der Waals surface area contributed by atoms with Crippen LogP contribution >= 0.6 is 0 Å². The minimum absolute atomic E-state index is 0. The summed E-state index contributed by atoms with van der Waals surface area (Å²) < 4.78 is 4.38. The predicted molar refractivity (Wildman–Crippen MR) is 108 cm³/mol. The zero-order chi connectivity index (χ0) is 18.2. The second-order valence-corrected chi connectivity index (χ2v) is 6.27. The fourth-order valence-corrected chi connectivity index (χ4v) is 2.82. The fraction of sp³-hybridized carbons (Fsp3) is 0.250. The van der Waals surface area contributed by atoms with Gasteiger partial charge in [-0.3, -0.25) is 0 Å². The zero-order valence-corrected chi connectivity index (χ0v) is 16.1. The Bertz CT molecular complexity index is 833. The predicted octanol–water partition coefficient (Wildman–Crippen LogP) is -0.442. The molecule has 0 saturated heterocycles. The van der Waals surface area contributed by atoms with Gasteiger partial charge in [0.05, 0.1) is 35.8 Å². The van der Waals surface area contributed by atoms with Gasteiger partial charge >= 0.3 is 0 Å². The molecule has 2 aromatic carbocycles. The number of nitrogens with one attached hydrogen (secondary N) is 2. The topological polar surface area (TPSA) is 84.9 Å². The minimum atomic E-state index is 0. The van der Waals surface area contributed by atoms with Crippen LogP contribution in [0.15, 0.2) is 67.3 Å². The van der Waals surface area contributed by atoms with E-state index in [0.717, 1.165) is 55.3 Å². The van der Waals surface area contributed by atoms with E-state index in [1.807, 2.05) is 48.5 Å². The maximum Gasteiger partial charge on any atom is 0.243 e. The molecule has 6 N–H and O–H groups in total. The molecule has 1 aromatic heterocycles. The molecule has 0 fully saturated rings. The third-order valence-corrected chi connectivity index (χ3v) is 4.26. The van der Waals surface area contributed by atoms with Crippen molar-refractivity contribution in [3.8, 4) is 0 Å². The number of para-hydroxylation sites is 4. The molecule has 0 spiro atoms. The standard InChI is InChI=1S/C20H27N6.ClH/c21-17-6-1-3-8-19(17)23-10-5-12-25-14-15-26(16-25)13-11-24-20-9-4-2-7-18(20)22;/h1-4,6-9,14-16,23-24H,5,10-13,21-22H2;1H/q+1;/p-1. The number of aromatic nitrogens is 2. The van der Waals surface area contributed by atoms with E-state index in [1.54, 1.807) is 0 Å². The molecule has 144 valence electrons. The third-order valence-electron chi connectivity index (χ3n) is 4.26. The van der Waals surface area contributed by atoms with Gasteiger partial charge in [-0.2, -0.15) is 0 Å². The molecule has 0 aliphatic carbocycles. The number of hydrogen-bond acceptors (Lipinski definition) is 4. The molecule has 0 radical (unpaired) electrons. The molecule has 3 aromatic rings. The summed E-state index contributed by atoms with van der Waals surface area (Å²) in [5.74, 6) is 0. The molecular formula is C20H27ClN6. The van der Waals surface area contributed by atoms with Crippen molar-refractivity contribution >= 4 is 22.7 Å². The van der Waals surface area contributed by atoms with E-state index in [9.17, 15) is 0 Å². The van der Waals surface area contributed by atoms with E-state index in [4.69, 9.17) is 11.5 Å². The molecule has 6 nitrogen and oxygen atoms in total. The van der Waals surface area contributed by atoms with Crippen LogP contribution in [0, 0.1) is 0 Å². The van der Waals surface area contributed by atoms with Crippen molar-refractivity contribution < 1.29 is 17.0 Å². The molecule has 1 heterocycles. The van der Waals surface area contributed by atoms with E-state index in [2.05, 4.69) is 38.5 Å². The van der Waals surface area contributed by atoms with Crippen LogP contribution in [0.2, 0.25) is 0 Å². The highest BCUT2D eigenvalue weighted by atomic mass is 35.5. The highest BCUT2D eigenvalue weighted by Gasteiger charge is 2.04.